The molecule has 7 heteroatoms. The van der Waals surface area contributed by atoms with Crippen LogP contribution < -0.4 is 16.0 Å². The Kier molecular flexibility index (Phi) is 9.03. The molecule has 2 heterocycles. The smallest absolute Gasteiger partial charge is 0.287 e. The number of nitrogens with one attached hydrogen (secondary N) is 3. The Balaban J connectivity index is 1.60. The minimum absolute atomic E-state index is 0.199. The van der Waals surface area contributed by atoms with Crippen molar-refractivity contribution in [1.82, 2.24) is 20.9 Å². The van der Waals surface area contributed by atoms with Crippen molar-refractivity contribution in [2.75, 3.05) is 45.8 Å². The van der Waals surface area contributed by atoms with Crippen molar-refractivity contribution >= 4 is 11.9 Å². The van der Waals surface area contributed by atoms with Crippen LogP contribution >= 0.6 is 0 Å². The van der Waals surface area contributed by atoms with E-state index in [-0.39, 0.29) is 5.91 Å². The summed E-state index contributed by atoms with van der Waals surface area (Å²) in [4.78, 5) is 18.9. The Morgan fingerprint density at radius 3 is 2.73 bits per heavy atom. The first-order chi connectivity index (χ1) is 12.7. The highest BCUT2D eigenvalue weighted by molar-refractivity contribution is 5.91. The van der Waals surface area contributed by atoms with E-state index in [1.165, 1.54) is 32.2 Å². The molecule has 1 aromatic rings. The quantitative estimate of drug-likeness (QED) is 0.353. The molecule has 7 nitrogen and oxygen atoms in total. The number of aliphatic imine (C=N–C) groups is 1. The van der Waals surface area contributed by atoms with Gasteiger partial charge < -0.3 is 25.3 Å². The Hall–Kier alpha value is -2.02. The van der Waals surface area contributed by atoms with Crippen LogP contribution in [0.2, 0.25) is 0 Å². The fourth-order valence-corrected chi connectivity index (χ4v) is 2.96. The molecule has 26 heavy (non-hydrogen) atoms. The normalized spacial score (nSPS) is 16.5. The van der Waals surface area contributed by atoms with Gasteiger partial charge in [0.1, 0.15) is 0 Å². The van der Waals surface area contributed by atoms with E-state index in [1.54, 1.807) is 12.1 Å². The van der Waals surface area contributed by atoms with E-state index < -0.39 is 0 Å². The van der Waals surface area contributed by atoms with Gasteiger partial charge in [0.15, 0.2) is 11.7 Å². The zero-order valence-electron chi connectivity index (χ0n) is 16.1. The molecule has 146 valence electrons. The standard InChI is InChI=1S/C19H33N5O2/c1-3-20-19(22-9-5-12-24-13-7-16(2)8-14-24)23-11-10-21-18(25)17-6-4-15-26-17/h4,6,15-16H,3,5,7-14H2,1-2H3,(H,21,25)(H2,20,22,23). The molecule has 1 saturated heterocycles. The van der Waals surface area contributed by atoms with Crippen LogP contribution in [0.1, 0.15) is 43.7 Å². The molecule has 0 atom stereocenters. The molecular formula is C19H33N5O2. The molecule has 0 aromatic carbocycles. The number of hydrogen-bond acceptors (Lipinski definition) is 4. The maximum atomic E-state index is 11.8. The number of carbonyl (C=O) groups excluding carboxylic acids is 1. The lowest BCUT2D eigenvalue weighted by Gasteiger charge is -2.29. The van der Waals surface area contributed by atoms with E-state index in [0.717, 1.165) is 37.9 Å². The van der Waals surface area contributed by atoms with Crippen molar-refractivity contribution in [2.45, 2.75) is 33.1 Å². The molecule has 0 spiro atoms. The van der Waals surface area contributed by atoms with E-state index in [2.05, 4.69) is 32.8 Å². The van der Waals surface area contributed by atoms with Gasteiger partial charge in [-0.2, -0.15) is 0 Å². The van der Waals surface area contributed by atoms with Crippen molar-refractivity contribution in [1.29, 1.82) is 0 Å². The average molecular weight is 364 g/mol. The maximum Gasteiger partial charge on any atom is 0.287 e. The first kappa shape index (κ1) is 20.3. The highest BCUT2D eigenvalue weighted by Gasteiger charge is 2.14. The van der Waals surface area contributed by atoms with E-state index in [0.29, 0.717) is 18.8 Å². The topological polar surface area (TPSA) is 81.9 Å². The van der Waals surface area contributed by atoms with Gasteiger partial charge in [-0.25, -0.2) is 0 Å². The zero-order chi connectivity index (χ0) is 18.6. The van der Waals surface area contributed by atoms with Gasteiger partial charge in [0.25, 0.3) is 5.91 Å². The Morgan fingerprint density at radius 1 is 1.27 bits per heavy atom. The van der Waals surface area contributed by atoms with Crippen molar-refractivity contribution in [2.24, 2.45) is 10.9 Å². The SMILES string of the molecule is CCNC(=NCCCN1CCC(C)CC1)NCCNC(=O)c1ccco1. The molecule has 1 aromatic heterocycles. The second-order valence-electron chi connectivity index (χ2n) is 6.80. The summed E-state index contributed by atoms with van der Waals surface area (Å²) in [6.07, 6.45) is 5.20. The van der Waals surface area contributed by atoms with Gasteiger partial charge in [-0.05, 0) is 63.9 Å². The highest BCUT2D eigenvalue weighted by Crippen LogP contribution is 2.15. The number of likely N-dealkylation sites (tertiary alicyclic amines) is 1. The summed E-state index contributed by atoms with van der Waals surface area (Å²) < 4.78 is 5.06. The molecule has 2 rings (SSSR count). The average Bonchev–Trinajstić information content (AvgIpc) is 3.18. The van der Waals surface area contributed by atoms with Crippen molar-refractivity contribution in [3.63, 3.8) is 0 Å². The number of guanidine groups is 1. The largest absolute Gasteiger partial charge is 0.459 e. The molecule has 0 aliphatic carbocycles. The van der Waals surface area contributed by atoms with E-state index in [9.17, 15) is 4.79 Å². The summed E-state index contributed by atoms with van der Waals surface area (Å²) >= 11 is 0. The fraction of sp³-hybridized carbons (Fsp3) is 0.684. The monoisotopic (exact) mass is 363 g/mol. The van der Waals surface area contributed by atoms with Crippen LogP contribution in [0.4, 0.5) is 0 Å². The number of amides is 1. The second kappa shape index (κ2) is 11.6. The van der Waals surface area contributed by atoms with Crippen LogP contribution in [0.5, 0.6) is 0 Å². The predicted molar refractivity (Wildman–Crippen MR) is 104 cm³/mol. The van der Waals surface area contributed by atoms with Crippen molar-refractivity contribution < 1.29 is 9.21 Å². The number of hydrogen-bond donors (Lipinski definition) is 3. The molecule has 0 saturated carbocycles. The molecular weight excluding hydrogens is 330 g/mol. The molecule has 0 unspecified atom stereocenters. The third-order valence-corrected chi connectivity index (χ3v) is 4.57. The lowest BCUT2D eigenvalue weighted by Crippen LogP contribution is -2.41. The van der Waals surface area contributed by atoms with Gasteiger partial charge in [0.2, 0.25) is 0 Å². The summed E-state index contributed by atoms with van der Waals surface area (Å²) in [5, 5.41) is 9.29. The molecule has 3 N–H and O–H groups in total. The minimum atomic E-state index is -0.199. The second-order valence-corrected chi connectivity index (χ2v) is 6.80. The molecule has 1 fully saturated rings. The third-order valence-electron chi connectivity index (χ3n) is 4.57. The summed E-state index contributed by atoms with van der Waals surface area (Å²) in [6.45, 7) is 10.7. The first-order valence-electron chi connectivity index (χ1n) is 9.75. The van der Waals surface area contributed by atoms with Crippen LogP contribution in [0, 0.1) is 5.92 Å². The number of piperidine rings is 1. The molecule has 1 amide bonds. The van der Waals surface area contributed by atoms with Gasteiger partial charge in [0, 0.05) is 26.2 Å². The zero-order valence-corrected chi connectivity index (χ0v) is 16.1. The van der Waals surface area contributed by atoms with Crippen molar-refractivity contribution in [3.8, 4) is 0 Å². The van der Waals surface area contributed by atoms with E-state index in [4.69, 9.17) is 4.42 Å². The minimum Gasteiger partial charge on any atom is -0.459 e. The van der Waals surface area contributed by atoms with Gasteiger partial charge in [0.05, 0.1) is 6.26 Å². The third kappa shape index (κ3) is 7.47. The van der Waals surface area contributed by atoms with Crippen LogP contribution in [-0.4, -0.2) is 62.6 Å². The lowest BCUT2D eigenvalue weighted by molar-refractivity contribution is 0.0926. The van der Waals surface area contributed by atoms with Gasteiger partial charge in [-0.15, -0.1) is 0 Å². The lowest BCUT2D eigenvalue weighted by atomic mass is 9.99. The van der Waals surface area contributed by atoms with Gasteiger partial charge in [-0.3, -0.25) is 9.79 Å². The number of furan rings is 1. The van der Waals surface area contributed by atoms with Crippen LogP contribution in [0.25, 0.3) is 0 Å². The summed E-state index contributed by atoms with van der Waals surface area (Å²) in [6, 6.07) is 3.35. The van der Waals surface area contributed by atoms with E-state index in [1.807, 2.05) is 6.92 Å². The Bertz CT molecular complexity index is 536. The number of carbonyl (C=O) groups is 1. The summed E-state index contributed by atoms with van der Waals surface area (Å²) in [5.41, 5.74) is 0. The first-order valence-corrected chi connectivity index (χ1v) is 9.75. The van der Waals surface area contributed by atoms with Gasteiger partial charge >= 0.3 is 0 Å². The fourth-order valence-electron chi connectivity index (χ4n) is 2.96. The highest BCUT2D eigenvalue weighted by atomic mass is 16.3. The molecule has 1 aliphatic rings. The Labute approximate surface area is 156 Å². The van der Waals surface area contributed by atoms with Crippen LogP contribution in [0.15, 0.2) is 27.8 Å². The maximum absolute atomic E-state index is 11.8. The van der Waals surface area contributed by atoms with Crippen molar-refractivity contribution in [3.05, 3.63) is 24.2 Å². The molecule has 0 bridgehead atoms. The van der Waals surface area contributed by atoms with Crippen LogP contribution in [0.3, 0.4) is 0 Å². The summed E-state index contributed by atoms with van der Waals surface area (Å²) in [5.74, 6) is 1.81. The van der Waals surface area contributed by atoms with Gasteiger partial charge in [-0.1, -0.05) is 6.92 Å². The molecule has 1 aliphatic heterocycles. The van der Waals surface area contributed by atoms with Crippen LogP contribution in [-0.2, 0) is 0 Å². The number of rotatable bonds is 9. The predicted octanol–water partition coefficient (Wildman–Crippen LogP) is 1.69. The van der Waals surface area contributed by atoms with E-state index >= 15 is 0 Å². The molecule has 0 radical (unpaired) electrons. The number of nitrogens with zero attached hydrogens (tertiary/aromatic N) is 2. The summed E-state index contributed by atoms with van der Waals surface area (Å²) in [7, 11) is 0. The Morgan fingerprint density at radius 2 is 2.04 bits per heavy atom.